The summed E-state index contributed by atoms with van der Waals surface area (Å²) < 4.78 is 0. The summed E-state index contributed by atoms with van der Waals surface area (Å²) in [6.45, 7) is 7.93. The van der Waals surface area contributed by atoms with Gasteiger partial charge in [0.25, 0.3) is 0 Å². The molecular formula is C36H65N11O13S. The molecule has 7 amide bonds. The minimum atomic E-state index is -1.84. The van der Waals surface area contributed by atoms with Gasteiger partial charge in [-0.15, -0.1) is 0 Å². The number of rotatable bonds is 29. The first-order valence-corrected chi connectivity index (χ1v) is 21.0. The Morgan fingerprint density at radius 1 is 0.656 bits per heavy atom. The van der Waals surface area contributed by atoms with Crippen LogP contribution in [0.25, 0.3) is 0 Å². The Hall–Kier alpha value is -5.27. The van der Waals surface area contributed by atoms with Crippen LogP contribution >= 0.6 is 11.8 Å². The second-order valence-electron chi connectivity index (χ2n) is 14.7. The smallest absolute Gasteiger partial charge is 0.328 e. The van der Waals surface area contributed by atoms with Crippen molar-refractivity contribution in [1.82, 2.24) is 37.2 Å². The summed E-state index contributed by atoms with van der Waals surface area (Å²) in [5, 5.41) is 55.2. The van der Waals surface area contributed by atoms with Crippen molar-refractivity contribution in [3.05, 3.63) is 0 Å². The van der Waals surface area contributed by atoms with Gasteiger partial charge in [0.15, 0.2) is 5.96 Å². The van der Waals surface area contributed by atoms with Crippen LogP contribution in [-0.2, 0) is 43.2 Å². The zero-order chi connectivity index (χ0) is 47.1. The van der Waals surface area contributed by atoms with Gasteiger partial charge in [-0.25, -0.2) is 4.79 Å². The van der Waals surface area contributed by atoms with Crippen molar-refractivity contribution in [3.8, 4) is 0 Å². The van der Waals surface area contributed by atoms with E-state index in [2.05, 4.69) is 42.2 Å². The molecule has 0 rings (SSSR count). The van der Waals surface area contributed by atoms with Gasteiger partial charge in [-0.3, -0.25) is 43.3 Å². The largest absolute Gasteiger partial charge is 0.481 e. The van der Waals surface area contributed by atoms with Gasteiger partial charge < -0.3 is 74.8 Å². The van der Waals surface area contributed by atoms with E-state index < -0.39 is 133 Å². The topological polar surface area (TPSA) is 409 Å². The number of amides is 7. The van der Waals surface area contributed by atoms with Gasteiger partial charge in [0.2, 0.25) is 41.4 Å². The number of nitrogens with two attached hydrogens (primary N) is 3. The van der Waals surface area contributed by atoms with Crippen molar-refractivity contribution in [2.75, 3.05) is 25.2 Å². The molecule has 0 aliphatic carbocycles. The van der Waals surface area contributed by atoms with Gasteiger partial charge in [0.05, 0.1) is 25.2 Å². The quantitative estimate of drug-likeness (QED) is 0.0190. The molecule has 0 aromatic carbocycles. The van der Waals surface area contributed by atoms with Gasteiger partial charge in [-0.2, -0.15) is 11.8 Å². The number of aliphatic imine (C=N–C) groups is 1. The summed E-state index contributed by atoms with van der Waals surface area (Å²) >= 11 is 1.48. The lowest BCUT2D eigenvalue weighted by Crippen LogP contribution is -2.63. The van der Waals surface area contributed by atoms with E-state index in [0.717, 1.165) is 0 Å². The van der Waals surface area contributed by atoms with Crippen LogP contribution in [-0.4, -0.2) is 159 Å². The van der Waals surface area contributed by atoms with E-state index in [9.17, 15) is 63.6 Å². The molecule has 0 aromatic heterocycles. The van der Waals surface area contributed by atoms with Crippen molar-refractivity contribution in [1.29, 1.82) is 0 Å². The average molecular weight is 892 g/mol. The average Bonchev–Trinajstić information content (AvgIpc) is 3.18. The van der Waals surface area contributed by atoms with E-state index in [1.165, 1.54) is 25.6 Å². The zero-order valence-corrected chi connectivity index (χ0v) is 36.4. The van der Waals surface area contributed by atoms with E-state index in [0.29, 0.717) is 12.2 Å². The molecule has 0 saturated heterocycles. The number of carbonyl (C=O) groups is 9. The fraction of sp³-hybridized carbons (Fsp3) is 0.722. The summed E-state index contributed by atoms with van der Waals surface area (Å²) in [5.74, 6) is -10.7. The van der Waals surface area contributed by atoms with E-state index in [1.54, 1.807) is 27.7 Å². The summed E-state index contributed by atoms with van der Waals surface area (Å²) in [6.07, 6.45) is -0.156. The molecule has 10 atom stereocenters. The molecule has 10 unspecified atom stereocenters. The number of aliphatic carboxylic acids is 2. The number of hydrogen-bond donors (Lipinski definition) is 14. The highest BCUT2D eigenvalue weighted by atomic mass is 32.2. The molecule has 0 spiro atoms. The zero-order valence-electron chi connectivity index (χ0n) is 35.6. The number of carbonyl (C=O) groups excluding carboxylic acids is 7. The maximum absolute atomic E-state index is 13.8. The third-order valence-electron chi connectivity index (χ3n) is 9.21. The van der Waals surface area contributed by atoms with Crippen molar-refractivity contribution < 1.29 is 63.6 Å². The van der Waals surface area contributed by atoms with E-state index in [-0.39, 0.29) is 31.8 Å². The van der Waals surface area contributed by atoms with Crippen LogP contribution in [0.2, 0.25) is 0 Å². The van der Waals surface area contributed by atoms with E-state index in [4.69, 9.17) is 17.2 Å². The summed E-state index contributed by atoms with van der Waals surface area (Å²) in [4.78, 5) is 120. The van der Waals surface area contributed by atoms with E-state index in [1.807, 2.05) is 6.26 Å². The highest BCUT2D eigenvalue weighted by Gasteiger charge is 2.37. The second kappa shape index (κ2) is 28.3. The molecule has 61 heavy (non-hydrogen) atoms. The number of aliphatic hydroxyl groups is 2. The Kier molecular flexibility index (Phi) is 25.8. The van der Waals surface area contributed by atoms with E-state index >= 15 is 0 Å². The number of aliphatic hydroxyl groups excluding tert-OH is 2. The molecule has 0 heterocycles. The number of carboxylic acid groups (broad SMARTS) is 2. The number of carboxylic acids is 2. The highest BCUT2D eigenvalue weighted by molar-refractivity contribution is 7.98. The third kappa shape index (κ3) is 20.7. The number of nitrogens with one attached hydrogen (secondary N) is 7. The minimum Gasteiger partial charge on any atom is -0.481 e. The number of nitrogens with zero attached hydrogens (tertiary/aromatic N) is 1. The Labute approximate surface area is 358 Å². The maximum Gasteiger partial charge on any atom is 0.328 e. The van der Waals surface area contributed by atoms with Crippen LogP contribution < -0.4 is 54.4 Å². The van der Waals surface area contributed by atoms with Crippen LogP contribution in [0.5, 0.6) is 0 Å². The first kappa shape index (κ1) is 55.7. The molecular weight excluding hydrogens is 827 g/mol. The molecule has 0 aromatic rings. The molecule has 0 fully saturated rings. The fourth-order valence-electron chi connectivity index (χ4n) is 5.32. The molecule has 17 N–H and O–H groups in total. The lowest BCUT2D eigenvalue weighted by molar-refractivity contribution is -0.144. The lowest BCUT2D eigenvalue weighted by Gasteiger charge is -2.31. The normalized spacial score (nSPS) is 16.0. The van der Waals surface area contributed by atoms with Crippen LogP contribution in [0.3, 0.4) is 0 Å². The van der Waals surface area contributed by atoms with Crippen molar-refractivity contribution in [2.45, 2.75) is 128 Å². The van der Waals surface area contributed by atoms with Crippen LogP contribution in [0.4, 0.5) is 0 Å². The number of hydrogen-bond acceptors (Lipinski definition) is 14. The highest BCUT2D eigenvalue weighted by Crippen LogP contribution is 2.12. The number of thioether (sulfide) groups is 1. The minimum absolute atomic E-state index is 0.0186. The molecule has 0 saturated carbocycles. The van der Waals surface area contributed by atoms with Crippen molar-refractivity contribution >= 4 is 71.0 Å². The Bertz CT molecular complexity index is 1550. The Morgan fingerprint density at radius 3 is 1.66 bits per heavy atom. The predicted octanol–water partition coefficient (Wildman–Crippen LogP) is -4.83. The molecule has 0 aliphatic heterocycles. The Morgan fingerprint density at radius 2 is 1.16 bits per heavy atom. The molecule has 0 bridgehead atoms. The first-order chi connectivity index (χ1) is 28.4. The van der Waals surface area contributed by atoms with Crippen LogP contribution in [0, 0.1) is 11.8 Å². The summed E-state index contributed by atoms with van der Waals surface area (Å²) in [5.41, 5.74) is 16.5. The van der Waals surface area contributed by atoms with Gasteiger partial charge in [0, 0.05) is 6.54 Å². The molecule has 25 heteroatoms. The first-order valence-electron chi connectivity index (χ1n) is 19.6. The second-order valence-corrected chi connectivity index (χ2v) is 15.7. The molecule has 0 aliphatic rings. The maximum atomic E-state index is 13.8. The number of guanidine groups is 1. The third-order valence-corrected chi connectivity index (χ3v) is 9.86. The molecule has 24 nitrogen and oxygen atoms in total. The molecule has 0 radical (unpaired) electrons. The predicted molar refractivity (Wildman–Crippen MR) is 223 cm³/mol. The van der Waals surface area contributed by atoms with Crippen molar-refractivity contribution in [2.24, 2.45) is 34.0 Å². The molecule has 348 valence electrons. The fourth-order valence-corrected chi connectivity index (χ4v) is 5.81. The standard InChI is InChI=1S/C36H65N11O13S/c1-8-17(4)26(33(57)43-22(14-24(50)51)31(55)42-21(10-9-12-40-36(38)39)30(54)44-23(15-48)35(59)60)46-32(56)25(16(2)3)45-34(58)27(19(6)49)47-28(52)18(5)41-29(53)20(37)11-13-61-7/h16-23,25-27,48-49H,8-15,37H2,1-7H3,(H,41,53)(H,42,55)(H,43,57)(H,44,54)(H,45,58)(H,46,56)(H,47,52)(H,50,51)(H,59,60)(H4,38,39,40). The van der Waals surface area contributed by atoms with Gasteiger partial charge in [-0.05, 0) is 57.0 Å². The monoisotopic (exact) mass is 891 g/mol. The van der Waals surface area contributed by atoms with Crippen LogP contribution in [0.1, 0.15) is 73.6 Å². The van der Waals surface area contributed by atoms with Gasteiger partial charge >= 0.3 is 11.9 Å². The van der Waals surface area contributed by atoms with Gasteiger partial charge in [0.1, 0.15) is 42.3 Å². The Balaban J connectivity index is 6.27. The SMILES string of the molecule is CCC(C)C(NC(=O)C(NC(=O)C(NC(=O)C(C)NC(=O)C(N)CCSC)C(C)O)C(C)C)C(=O)NC(CC(=O)O)C(=O)NC(CCCN=C(N)N)C(=O)NC(CO)C(=O)O. The van der Waals surface area contributed by atoms with Gasteiger partial charge in [-0.1, -0.05) is 34.1 Å². The summed E-state index contributed by atoms with van der Waals surface area (Å²) in [7, 11) is 0. The summed E-state index contributed by atoms with van der Waals surface area (Å²) in [6, 6.07) is -11.6. The van der Waals surface area contributed by atoms with Crippen LogP contribution in [0.15, 0.2) is 4.99 Å². The van der Waals surface area contributed by atoms with Crippen molar-refractivity contribution in [3.63, 3.8) is 0 Å². The lowest BCUT2D eigenvalue weighted by atomic mass is 9.95.